The first-order chi connectivity index (χ1) is 11.3. The number of carbonyl (C=O) groups is 1. The molecule has 0 aliphatic heterocycles. The average Bonchev–Trinajstić information content (AvgIpc) is 2.58. The van der Waals surface area contributed by atoms with Crippen molar-refractivity contribution in [1.29, 1.82) is 0 Å². The minimum atomic E-state index is 0.127. The van der Waals surface area contributed by atoms with Crippen molar-refractivity contribution in [3.8, 4) is 0 Å². The number of rotatable bonds is 10. The Hall–Kier alpha value is 0.150. The maximum Gasteiger partial charge on any atom is 0.146 e. The van der Waals surface area contributed by atoms with Crippen molar-refractivity contribution in [3.05, 3.63) is 0 Å². The number of alkyl halides is 1. The number of unbranched alkanes of at least 4 members (excludes halogenated alkanes) is 6. The molecular formula is C21H39BrO. The molecule has 23 heavy (non-hydrogen) atoms. The second-order valence-electron chi connectivity index (χ2n) is 7.55. The minimum absolute atomic E-state index is 0.127. The summed E-state index contributed by atoms with van der Waals surface area (Å²) >= 11 is 3.76. The smallest absolute Gasteiger partial charge is 0.146 e. The molecule has 1 saturated carbocycles. The molecule has 0 radical (unpaired) electrons. The van der Waals surface area contributed by atoms with E-state index in [0.29, 0.717) is 11.7 Å². The SMILES string of the molecule is CCCCCCCCCC(=O)C(Br)C1CCCCCCCCC1. The van der Waals surface area contributed by atoms with Crippen LogP contribution in [0.15, 0.2) is 0 Å². The van der Waals surface area contributed by atoms with Crippen molar-refractivity contribution in [3.63, 3.8) is 0 Å². The summed E-state index contributed by atoms with van der Waals surface area (Å²) in [6.07, 6.45) is 21.9. The third-order valence-corrected chi connectivity index (χ3v) is 6.66. The van der Waals surface area contributed by atoms with Gasteiger partial charge < -0.3 is 0 Å². The fourth-order valence-electron chi connectivity index (χ4n) is 3.79. The summed E-state index contributed by atoms with van der Waals surface area (Å²) in [6.45, 7) is 2.26. The first-order valence-electron chi connectivity index (χ1n) is 10.4. The Bertz CT molecular complexity index is 280. The predicted molar refractivity (Wildman–Crippen MR) is 105 cm³/mol. The zero-order chi connectivity index (χ0) is 16.8. The van der Waals surface area contributed by atoms with Gasteiger partial charge in [0, 0.05) is 6.42 Å². The van der Waals surface area contributed by atoms with Gasteiger partial charge in [0.2, 0.25) is 0 Å². The number of carbonyl (C=O) groups excluding carboxylic acids is 1. The van der Waals surface area contributed by atoms with Gasteiger partial charge in [-0.1, -0.05) is 106 Å². The summed E-state index contributed by atoms with van der Waals surface area (Å²) < 4.78 is 0. The Morgan fingerprint density at radius 2 is 1.30 bits per heavy atom. The lowest BCUT2D eigenvalue weighted by molar-refractivity contribution is -0.119. The molecular weight excluding hydrogens is 348 g/mol. The number of ketones is 1. The van der Waals surface area contributed by atoms with E-state index in [1.165, 1.54) is 96.3 Å². The van der Waals surface area contributed by atoms with Gasteiger partial charge in [-0.3, -0.25) is 4.79 Å². The molecule has 1 nitrogen and oxygen atoms in total. The van der Waals surface area contributed by atoms with Crippen molar-refractivity contribution in [2.75, 3.05) is 0 Å². The van der Waals surface area contributed by atoms with E-state index in [2.05, 4.69) is 22.9 Å². The molecule has 0 saturated heterocycles. The molecule has 1 aliphatic rings. The molecule has 1 atom stereocenters. The molecule has 0 aromatic heterocycles. The van der Waals surface area contributed by atoms with Gasteiger partial charge in [-0.2, -0.15) is 0 Å². The fraction of sp³-hybridized carbons (Fsp3) is 0.952. The lowest BCUT2D eigenvalue weighted by atomic mass is 9.87. The molecule has 1 fully saturated rings. The Morgan fingerprint density at radius 3 is 1.87 bits per heavy atom. The maximum atomic E-state index is 12.5. The van der Waals surface area contributed by atoms with E-state index >= 15 is 0 Å². The Morgan fingerprint density at radius 1 is 0.826 bits per heavy atom. The Labute approximate surface area is 153 Å². The molecule has 0 spiro atoms. The normalized spacial score (nSPS) is 19.4. The van der Waals surface area contributed by atoms with Crippen molar-refractivity contribution in [2.24, 2.45) is 5.92 Å². The third kappa shape index (κ3) is 10.6. The number of halogens is 1. The van der Waals surface area contributed by atoms with Gasteiger partial charge in [-0.15, -0.1) is 0 Å². The van der Waals surface area contributed by atoms with Gasteiger partial charge in [-0.25, -0.2) is 0 Å². The van der Waals surface area contributed by atoms with Crippen LogP contribution in [0.4, 0.5) is 0 Å². The lowest BCUT2D eigenvalue weighted by Gasteiger charge is -2.23. The highest BCUT2D eigenvalue weighted by molar-refractivity contribution is 9.10. The van der Waals surface area contributed by atoms with Crippen molar-refractivity contribution < 1.29 is 4.79 Å². The minimum Gasteiger partial charge on any atom is -0.298 e. The summed E-state index contributed by atoms with van der Waals surface area (Å²) in [4.78, 5) is 12.6. The summed E-state index contributed by atoms with van der Waals surface area (Å²) in [5.74, 6) is 1.06. The quantitative estimate of drug-likeness (QED) is 0.279. The maximum absolute atomic E-state index is 12.5. The van der Waals surface area contributed by atoms with Crippen LogP contribution in [0, 0.1) is 5.92 Å². The van der Waals surface area contributed by atoms with Gasteiger partial charge in [0.25, 0.3) is 0 Å². The van der Waals surface area contributed by atoms with Crippen molar-refractivity contribution in [2.45, 2.75) is 121 Å². The summed E-state index contributed by atoms with van der Waals surface area (Å²) in [7, 11) is 0. The molecule has 0 amide bonds. The van der Waals surface area contributed by atoms with Crippen LogP contribution in [0.25, 0.3) is 0 Å². The summed E-state index contributed by atoms with van der Waals surface area (Å²) in [5, 5.41) is 0. The number of Topliss-reactive ketones (excluding diaryl/α,β-unsaturated/α-hetero) is 1. The van der Waals surface area contributed by atoms with Crippen LogP contribution in [-0.4, -0.2) is 10.6 Å². The Balaban J connectivity index is 2.19. The Kier molecular flexibility index (Phi) is 13.4. The highest BCUT2D eigenvalue weighted by atomic mass is 79.9. The zero-order valence-electron chi connectivity index (χ0n) is 15.5. The molecule has 0 N–H and O–H groups in total. The van der Waals surface area contributed by atoms with E-state index < -0.39 is 0 Å². The van der Waals surface area contributed by atoms with E-state index in [4.69, 9.17) is 0 Å². The van der Waals surface area contributed by atoms with Gasteiger partial charge >= 0.3 is 0 Å². The highest BCUT2D eigenvalue weighted by Gasteiger charge is 2.24. The lowest BCUT2D eigenvalue weighted by Crippen LogP contribution is -2.24. The summed E-state index contributed by atoms with van der Waals surface area (Å²) in [6, 6.07) is 0. The van der Waals surface area contributed by atoms with Crippen LogP contribution in [0.1, 0.15) is 116 Å². The molecule has 1 unspecified atom stereocenters. The van der Waals surface area contributed by atoms with Gasteiger partial charge in [0.15, 0.2) is 0 Å². The van der Waals surface area contributed by atoms with E-state index in [-0.39, 0.29) is 4.83 Å². The first kappa shape index (κ1) is 21.2. The van der Waals surface area contributed by atoms with E-state index in [1.807, 2.05) is 0 Å². The largest absolute Gasteiger partial charge is 0.298 e. The second kappa shape index (κ2) is 14.5. The zero-order valence-corrected chi connectivity index (χ0v) is 17.0. The van der Waals surface area contributed by atoms with E-state index in [9.17, 15) is 4.79 Å². The van der Waals surface area contributed by atoms with Gasteiger partial charge in [-0.05, 0) is 25.2 Å². The second-order valence-corrected chi connectivity index (χ2v) is 8.54. The van der Waals surface area contributed by atoms with Crippen molar-refractivity contribution >= 4 is 21.7 Å². The molecule has 1 rings (SSSR count). The van der Waals surface area contributed by atoms with E-state index in [1.54, 1.807) is 0 Å². The van der Waals surface area contributed by atoms with Crippen LogP contribution in [0.5, 0.6) is 0 Å². The van der Waals surface area contributed by atoms with Crippen LogP contribution in [0.2, 0.25) is 0 Å². The van der Waals surface area contributed by atoms with Crippen LogP contribution < -0.4 is 0 Å². The molecule has 0 heterocycles. The third-order valence-electron chi connectivity index (χ3n) is 5.40. The van der Waals surface area contributed by atoms with Crippen LogP contribution in [0.3, 0.4) is 0 Å². The van der Waals surface area contributed by atoms with Gasteiger partial charge in [0.1, 0.15) is 5.78 Å². The predicted octanol–water partition coefficient (Wildman–Crippen LogP) is 7.60. The number of hydrogen-bond acceptors (Lipinski definition) is 1. The molecule has 0 bridgehead atoms. The van der Waals surface area contributed by atoms with Crippen LogP contribution >= 0.6 is 15.9 Å². The monoisotopic (exact) mass is 386 g/mol. The molecule has 136 valence electrons. The van der Waals surface area contributed by atoms with Crippen molar-refractivity contribution in [1.82, 2.24) is 0 Å². The summed E-state index contributed by atoms with van der Waals surface area (Å²) in [5.41, 5.74) is 0. The first-order valence-corrected chi connectivity index (χ1v) is 11.3. The molecule has 0 aromatic rings. The fourth-order valence-corrected chi connectivity index (χ4v) is 4.55. The topological polar surface area (TPSA) is 17.1 Å². The molecule has 0 aromatic carbocycles. The molecule has 1 aliphatic carbocycles. The van der Waals surface area contributed by atoms with E-state index in [0.717, 1.165) is 12.8 Å². The molecule has 2 heteroatoms. The van der Waals surface area contributed by atoms with Gasteiger partial charge in [0.05, 0.1) is 4.83 Å². The standard InChI is InChI=1S/C21H39BrO/c1-2-3-4-5-7-12-15-18-20(23)21(22)19-16-13-10-8-6-9-11-14-17-19/h19,21H,2-18H2,1H3. The highest BCUT2D eigenvalue weighted by Crippen LogP contribution is 2.29. The number of hydrogen-bond donors (Lipinski definition) is 0. The van der Waals surface area contributed by atoms with Crippen LogP contribution in [-0.2, 0) is 4.79 Å². The average molecular weight is 387 g/mol.